The van der Waals surface area contributed by atoms with Gasteiger partial charge in [0.05, 0.1) is 17.7 Å². The number of hydrogen-bond acceptors (Lipinski definition) is 5. The van der Waals surface area contributed by atoms with Crippen LogP contribution in [0.2, 0.25) is 5.02 Å². The smallest absolute Gasteiger partial charge is 0.264 e. The van der Waals surface area contributed by atoms with Crippen LogP contribution in [0.5, 0.6) is 5.75 Å². The largest absolute Gasteiger partial charge is 0.497 e. The number of rotatable bonds is 12. The van der Waals surface area contributed by atoms with Crippen molar-refractivity contribution in [3.8, 4) is 5.75 Å². The molecule has 0 aliphatic heterocycles. The molecule has 0 bridgehead atoms. The third-order valence-electron chi connectivity index (χ3n) is 6.36. The van der Waals surface area contributed by atoms with Gasteiger partial charge in [0, 0.05) is 17.6 Å². The summed E-state index contributed by atoms with van der Waals surface area (Å²) >= 11 is 6.42. The molecule has 10 heteroatoms. The van der Waals surface area contributed by atoms with E-state index in [0.717, 1.165) is 9.87 Å². The van der Waals surface area contributed by atoms with Crippen molar-refractivity contribution in [2.75, 3.05) is 18.0 Å². The lowest BCUT2D eigenvalue weighted by atomic mass is 10.1. The summed E-state index contributed by atoms with van der Waals surface area (Å²) in [7, 11) is -2.68. The Bertz CT molecular complexity index is 1410. The first-order valence-electron chi connectivity index (χ1n) is 13.0. The summed E-state index contributed by atoms with van der Waals surface area (Å²) in [6, 6.07) is 18.9. The predicted molar refractivity (Wildman–Crippen MR) is 158 cm³/mol. The van der Waals surface area contributed by atoms with Crippen molar-refractivity contribution in [2.45, 2.75) is 57.6 Å². The number of methoxy groups -OCH3 is 1. The molecule has 1 N–H and O–H groups in total. The fourth-order valence-electron chi connectivity index (χ4n) is 4.23. The number of benzene rings is 3. The minimum Gasteiger partial charge on any atom is -0.497 e. The van der Waals surface area contributed by atoms with E-state index in [9.17, 15) is 18.0 Å². The van der Waals surface area contributed by atoms with Gasteiger partial charge in [-0.15, -0.1) is 0 Å². The highest BCUT2D eigenvalue weighted by Crippen LogP contribution is 2.27. The molecule has 0 spiro atoms. The summed E-state index contributed by atoms with van der Waals surface area (Å²) in [6.45, 7) is 6.89. The minimum absolute atomic E-state index is 0.00363. The topological polar surface area (TPSA) is 96.0 Å². The fraction of sp³-hybridized carbons (Fsp3) is 0.333. The van der Waals surface area contributed by atoms with Crippen LogP contribution in [-0.4, -0.2) is 50.9 Å². The predicted octanol–water partition coefficient (Wildman–Crippen LogP) is 5.18. The number of anilines is 1. The van der Waals surface area contributed by atoms with E-state index in [1.54, 1.807) is 60.7 Å². The number of halogens is 1. The second-order valence-corrected chi connectivity index (χ2v) is 12.0. The molecule has 0 aromatic heterocycles. The number of amides is 2. The average molecular weight is 586 g/mol. The van der Waals surface area contributed by atoms with Gasteiger partial charge in [-0.3, -0.25) is 13.9 Å². The van der Waals surface area contributed by atoms with Crippen molar-refractivity contribution in [1.82, 2.24) is 10.2 Å². The lowest BCUT2D eigenvalue weighted by molar-refractivity contribution is -0.140. The summed E-state index contributed by atoms with van der Waals surface area (Å²) in [6.07, 6.45) is 0.324. The molecule has 3 aromatic rings. The Morgan fingerprint density at radius 2 is 1.60 bits per heavy atom. The third kappa shape index (κ3) is 7.55. The molecular formula is C30H36ClN3O5S. The van der Waals surface area contributed by atoms with Gasteiger partial charge in [0.1, 0.15) is 18.3 Å². The van der Waals surface area contributed by atoms with Gasteiger partial charge in [0.15, 0.2) is 0 Å². The summed E-state index contributed by atoms with van der Waals surface area (Å²) in [5, 5.41) is 3.32. The molecular weight excluding hydrogens is 550 g/mol. The van der Waals surface area contributed by atoms with Crippen LogP contribution in [0.3, 0.4) is 0 Å². The van der Waals surface area contributed by atoms with Gasteiger partial charge in [-0.25, -0.2) is 8.42 Å². The molecule has 3 aromatic carbocycles. The number of nitrogens with one attached hydrogen (secondary N) is 1. The molecule has 0 saturated carbocycles. The molecule has 0 radical (unpaired) electrons. The SMILES string of the molecule is CC[C@@H](C(=O)NC(C)C)N(Cc1ccccc1Cl)C(=O)CN(c1ccc(C)cc1)S(=O)(=O)c1ccc(OC)cc1. The number of aryl methyl sites for hydroxylation is 1. The molecule has 0 aliphatic carbocycles. The molecule has 0 heterocycles. The highest BCUT2D eigenvalue weighted by atomic mass is 35.5. The normalized spacial score (nSPS) is 12.1. The Kier molecular flexibility index (Phi) is 10.6. The van der Waals surface area contributed by atoms with Crippen LogP contribution >= 0.6 is 11.6 Å². The standard InChI is InChI=1S/C30H36ClN3O5S/c1-6-28(30(36)32-21(2)3)33(19-23-9-7-8-10-27(23)31)29(35)20-34(24-13-11-22(4)12-14-24)40(37,38)26-17-15-25(39-5)16-18-26/h7-18,21,28H,6,19-20H2,1-5H3,(H,32,36)/t28-/m0/s1. The zero-order valence-electron chi connectivity index (χ0n) is 23.4. The zero-order chi connectivity index (χ0) is 29.4. The van der Waals surface area contributed by atoms with Crippen molar-refractivity contribution < 1.29 is 22.7 Å². The average Bonchev–Trinajstić information content (AvgIpc) is 2.92. The molecule has 0 aliphatic rings. The molecule has 0 fully saturated rings. The van der Waals surface area contributed by atoms with E-state index >= 15 is 0 Å². The van der Waals surface area contributed by atoms with E-state index in [0.29, 0.717) is 28.4 Å². The van der Waals surface area contributed by atoms with Crippen molar-refractivity contribution in [2.24, 2.45) is 0 Å². The molecule has 1 atom stereocenters. The second kappa shape index (κ2) is 13.7. The quantitative estimate of drug-likeness (QED) is 0.316. The highest BCUT2D eigenvalue weighted by molar-refractivity contribution is 7.92. The summed E-state index contributed by atoms with van der Waals surface area (Å²) < 4.78 is 34.1. The van der Waals surface area contributed by atoms with E-state index in [1.807, 2.05) is 27.7 Å². The minimum atomic E-state index is -4.17. The van der Waals surface area contributed by atoms with Gasteiger partial charge in [-0.2, -0.15) is 0 Å². The van der Waals surface area contributed by atoms with Crippen LogP contribution in [0.15, 0.2) is 77.7 Å². The second-order valence-electron chi connectivity index (χ2n) is 9.72. The first-order valence-corrected chi connectivity index (χ1v) is 14.9. The van der Waals surface area contributed by atoms with Crippen molar-refractivity contribution >= 4 is 39.1 Å². The third-order valence-corrected chi connectivity index (χ3v) is 8.52. The first kappa shape index (κ1) is 31.0. The van der Waals surface area contributed by atoms with E-state index < -0.39 is 28.5 Å². The molecule has 0 saturated heterocycles. The Labute approximate surface area is 241 Å². The maximum atomic E-state index is 14.1. The number of ether oxygens (including phenoxy) is 1. The zero-order valence-corrected chi connectivity index (χ0v) is 25.0. The number of carbonyl (C=O) groups is 2. The number of nitrogens with zero attached hydrogens (tertiary/aromatic N) is 2. The van der Waals surface area contributed by atoms with Gasteiger partial charge in [-0.05, 0) is 75.2 Å². The van der Waals surface area contributed by atoms with E-state index in [-0.39, 0.29) is 23.4 Å². The molecule has 214 valence electrons. The van der Waals surface area contributed by atoms with E-state index in [4.69, 9.17) is 16.3 Å². The maximum absolute atomic E-state index is 14.1. The molecule has 2 amide bonds. The molecule has 3 rings (SSSR count). The van der Waals surface area contributed by atoms with Crippen LogP contribution in [0.25, 0.3) is 0 Å². The van der Waals surface area contributed by atoms with Crippen LogP contribution in [0, 0.1) is 6.92 Å². The lowest BCUT2D eigenvalue weighted by Gasteiger charge is -2.33. The van der Waals surface area contributed by atoms with Gasteiger partial charge < -0.3 is 15.0 Å². The first-order chi connectivity index (χ1) is 19.0. The Morgan fingerprint density at radius 3 is 2.15 bits per heavy atom. The number of carbonyl (C=O) groups excluding carboxylic acids is 2. The highest BCUT2D eigenvalue weighted by Gasteiger charge is 2.34. The summed E-state index contributed by atoms with van der Waals surface area (Å²) in [5.41, 5.74) is 1.91. The molecule has 0 unspecified atom stereocenters. The van der Waals surface area contributed by atoms with Gasteiger partial charge in [-0.1, -0.05) is 54.4 Å². The summed E-state index contributed by atoms with van der Waals surface area (Å²) in [4.78, 5) is 28.7. The van der Waals surface area contributed by atoms with Crippen LogP contribution in [0.4, 0.5) is 5.69 Å². The van der Waals surface area contributed by atoms with Gasteiger partial charge in [0.2, 0.25) is 11.8 Å². The van der Waals surface area contributed by atoms with Crippen LogP contribution < -0.4 is 14.4 Å². The lowest BCUT2D eigenvalue weighted by Crippen LogP contribution is -2.53. The maximum Gasteiger partial charge on any atom is 0.264 e. The molecule has 40 heavy (non-hydrogen) atoms. The Morgan fingerprint density at radius 1 is 0.975 bits per heavy atom. The van der Waals surface area contributed by atoms with E-state index in [2.05, 4.69) is 5.32 Å². The van der Waals surface area contributed by atoms with Crippen molar-refractivity contribution in [3.63, 3.8) is 0 Å². The Hall–Kier alpha value is -3.56. The molecule has 8 nitrogen and oxygen atoms in total. The van der Waals surface area contributed by atoms with E-state index in [1.165, 1.54) is 24.1 Å². The van der Waals surface area contributed by atoms with Crippen molar-refractivity contribution in [1.29, 1.82) is 0 Å². The number of hydrogen-bond donors (Lipinski definition) is 1. The van der Waals surface area contributed by atoms with Crippen LogP contribution in [0.1, 0.15) is 38.3 Å². The summed E-state index contributed by atoms with van der Waals surface area (Å²) in [5.74, 6) is -0.356. The fourth-order valence-corrected chi connectivity index (χ4v) is 5.83. The van der Waals surface area contributed by atoms with Gasteiger partial charge in [0.25, 0.3) is 10.0 Å². The Balaban J connectivity index is 2.07. The monoisotopic (exact) mass is 585 g/mol. The van der Waals surface area contributed by atoms with Crippen molar-refractivity contribution in [3.05, 3.63) is 88.9 Å². The number of sulfonamides is 1. The van der Waals surface area contributed by atoms with Gasteiger partial charge >= 0.3 is 0 Å². The van der Waals surface area contributed by atoms with Crippen LogP contribution in [-0.2, 0) is 26.2 Å².